The molecule has 0 aliphatic heterocycles. The molecule has 0 bridgehead atoms. The summed E-state index contributed by atoms with van der Waals surface area (Å²) in [6.07, 6.45) is 0. The highest BCUT2D eigenvalue weighted by Crippen LogP contribution is 2.16. The number of rotatable bonds is 4. The monoisotopic (exact) mass is 247 g/mol. The third-order valence-electron chi connectivity index (χ3n) is 2.88. The van der Waals surface area contributed by atoms with Gasteiger partial charge in [0.15, 0.2) is 0 Å². The summed E-state index contributed by atoms with van der Waals surface area (Å²) in [5, 5.41) is 21.1. The van der Waals surface area contributed by atoms with Crippen molar-refractivity contribution in [3.05, 3.63) is 65.7 Å². The highest BCUT2D eigenvalue weighted by molar-refractivity contribution is 5.47. The number of hydrogen-bond acceptors (Lipinski definition) is 3. The molecule has 0 amide bonds. The van der Waals surface area contributed by atoms with E-state index in [4.69, 9.17) is 5.26 Å². The van der Waals surface area contributed by atoms with Gasteiger partial charge in [0.05, 0.1) is 23.6 Å². The molecule has 2 rings (SSSR count). The van der Waals surface area contributed by atoms with Crippen LogP contribution in [0.15, 0.2) is 54.6 Å². The van der Waals surface area contributed by atoms with Crippen LogP contribution in [-0.4, -0.2) is 6.54 Å². The van der Waals surface area contributed by atoms with E-state index in [1.165, 1.54) is 0 Å². The summed E-state index contributed by atoms with van der Waals surface area (Å²) in [4.78, 5) is 0. The maximum absolute atomic E-state index is 9.21. The largest absolute Gasteiger partial charge is 0.383 e. The molecular weight excluding hydrogens is 234 g/mol. The number of nitriles is 2. The van der Waals surface area contributed by atoms with Crippen LogP contribution >= 0.6 is 0 Å². The Balaban J connectivity index is 2.01. The lowest BCUT2D eigenvalue weighted by molar-refractivity contribution is 0.901. The van der Waals surface area contributed by atoms with Gasteiger partial charge in [0, 0.05) is 12.2 Å². The second-order valence-corrected chi connectivity index (χ2v) is 4.16. The molecule has 2 aromatic rings. The molecular formula is C16H13N3. The van der Waals surface area contributed by atoms with Crippen molar-refractivity contribution in [3.63, 3.8) is 0 Å². The average Bonchev–Trinajstić information content (AvgIpc) is 2.49. The van der Waals surface area contributed by atoms with E-state index in [2.05, 4.69) is 17.5 Å². The highest BCUT2D eigenvalue weighted by atomic mass is 14.9. The second-order valence-electron chi connectivity index (χ2n) is 4.16. The molecule has 0 aliphatic rings. The zero-order valence-corrected chi connectivity index (χ0v) is 10.4. The fraction of sp³-hybridized carbons (Fsp3) is 0.125. The summed E-state index contributed by atoms with van der Waals surface area (Å²) in [5.74, 6) is -0.183. The number of anilines is 1. The molecule has 1 N–H and O–H groups in total. The lowest BCUT2D eigenvalue weighted by Gasteiger charge is -2.11. The van der Waals surface area contributed by atoms with Crippen molar-refractivity contribution in [1.29, 1.82) is 10.5 Å². The van der Waals surface area contributed by atoms with Gasteiger partial charge >= 0.3 is 0 Å². The van der Waals surface area contributed by atoms with Crippen LogP contribution in [0.3, 0.4) is 0 Å². The first-order valence-corrected chi connectivity index (χ1v) is 6.02. The van der Waals surface area contributed by atoms with Gasteiger partial charge in [0.1, 0.15) is 0 Å². The number of nitrogens with zero attached hydrogens (tertiary/aromatic N) is 2. The molecule has 0 aromatic heterocycles. The third kappa shape index (κ3) is 3.34. The van der Waals surface area contributed by atoms with Crippen LogP contribution in [0, 0.1) is 22.7 Å². The average molecular weight is 247 g/mol. The summed E-state index contributed by atoms with van der Waals surface area (Å²) in [6.45, 7) is 0.548. The molecule has 19 heavy (non-hydrogen) atoms. The van der Waals surface area contributed by atoms with Gasteiger partial charge in [0.25, 0.3) is 0 Å². The smallest absolute Gasteiger partial charge is 0.0991 e. The van der Waals surface area contributed by atoms with Gasteiger partial charge in [0.2, 0.25) is 0 Å². The molecule has 2 aromatic carbocycles. The fourth-order valence-corrected chi connectivity index (χ4v) is 1.81. The third-order valence-corrected chi connectivity index (χ3v) is 2.88. The first-order chi connectivity index (χ1) is 9.33. The van der Waals surface area contributed by atoms with Gasteiger partial charge in [-0.2, -0.15) is 10.5 Å². The zero-order chi connectivity index (χ0) is 13.5. The lowest BCUT2D eigenvalue weighted by atomic mass is 10.0. The molecule has 0 heterocycles. The minimum Gasteiger partial charge on any atom is -0.383 e. The van der Waals surface area contributed by atoms with E-state index in [0.29, 0.717) is 12.1 Å². The Labute approximate surface area is 112 Å². The lowest BCUT2D eigenvalue weighted by Crippen LogP contribution is -2.11. The molecule has 0 saturated carbocycles. The minimum absolute atomic E-state index is 0.183. The van der Waals surface area contributed by atoms with Gasteiger partial charge in [-0.1, -0.05) is 30.3 Å². The van der Waals surface area contributed by atoms with Crippen LogP contribution in [0.2, 0.25) is 0 Å². The molecule has 0 saturated heterocycles. The summed E-state index contributed by atoms with van der Waals surface area (Å²) in [7, 11) is 0. The maximum Gasteiger partial charge on any atom is 0.0991 e. The highest BCUT2D eigenvalue weighted by Gasteiger charge is 2.09. The van der Waals surface area contributed by atoms with Crippen molar-refractivity contribution in [2.75, 3.05) is 11.9 Å². The number of hydrogen-bond donors (Lipinski definition) is 1. The first-order valence-electron chi connectivity index (χ1n) is 6.02. The van der Waals surface area contributed by atoms with Crippen LogP contribution in [0.5, 0.6) is 0 Å². The van der Waals surface area contributed by atoms with Crippen molar-refractivity contribution < 1.29 is 0 Å². The van der Waals surface area contributed by atoms with Crippen molar-refractivity contribution in [2.45, 2.75) is 5.92 Å². The van der Waals surface area contributed by atoms with E-state index in [-0.39, 0.29) is 5.92 Å². The zero-order valence-electron chi connectivity index (χ0n) is 10.4. The van der Waals surface area contributed by atoms with Crippen molar-refractivity contribution in [1.82, 2.24) is 0 Å². The van der Waals surface area contributed by atoms with E-state index in [1.54, 1.807) is 12.1 Å². The molecule has 92 valence electrons. The predicted molar refractivity (Wildman–Crippen MR) is 74.4 cm³/mol. The van der Waals surface area contributed by atoms with Crippen molar-refractivity contribution >= 4 is 5.69 Å². The number of benzene rings is 2. The Morgan fingerprint density at radius 1 is 0.947 bits per heavy atom. The van der Waals surface area contributed by atoms with Crippen molar-refractivity contribution in [2.24, 2.45) is 0 Å². The summed E-state index contributed by atoms with van der Waals surface area (Å²) < 4.78 is 0. The molecule has 0 spiro atoms. The summed E-state index contributed by atoms with van der Waals surface area (Å²) >= 11 is 0. The van der Waals surface area contributed by atoms with E-state index in [9.17, 15) is 5.26 Å². The molecule has 1 atom stereocenters. The quantitative estimate of drug-likeness (QED) is 0.901. The van der Waals surface area contributed by atoms with Crippen LogP contribution in [-0.2, 0) is 0 Å². The fourth-order valence-electron chi connectivity index (χ4n) is 1.81. The summed E-state index contributed by atoms with van der Waals surface area (Å²) in [5.41, 5.74) is 2.55. The maximum atomic E-state index is 9.21. The van der Waals surface area contributed by atoms with Gasteiger partial charge in [-0.3, -0.25) is 0 Å². The first kappa shape index (κ1) is 12.7. The van der Waals surface area contributed by atoms with Crippen molar-refractivity contribution in [3.8, 4) is 12.1 Å². The van der Waals surface area contributed by atoms with Gasteiger partial charge in [-0.15, -0.1) is 0 Å². The summed E-state index contributed by atoms with van der Waals surface area (Å²) in [6, 6.07) is 21.3. The normalized spacial score (nSPS) is 11.1. The molecule has 1 unspecified atom stereocenters. The van der Waals surface area contributed by atoms with E-state index < -0.39 is 0 Å². The van der Waals surface area contributed by atoms with Gasteiger partial charge in [-0.25, -0.2) is 0 Å². The molecule has 0 fully saturated rings. The Kier molecular flexibility index (Phi) is 4.16. The predicted octanol–water partition coefficient (Wildman–Crippen LogP) is 3.28. The Bertz CT molecular complexity index is 603. The molecule has 0 radical (unpaired) electrons. The molecule has 3 nitrogen and oxygen atoms in total. The van der Waals surface area contributed by atoms with Crippen LogP contribution < -0.4 is 5.32 Å². The van der Waals surface area contributed by atoms with E-state index >= 15 is 0 Å². The Hall–Kier alpha value is -2.78. The number of nitrogens with one attached hydrogen (secondary N) is 1. The Morgan fingerprint density at radius 2 is 1.63 bits per heavy atom. The second kappa shape index (κ2) is 6.23. The molecule has 0 aliphatic carbocycles. The molecule has 3 heteroatoms. The Morgan fingerprint density at radius 3 is 2.21 bits per heavy atom. The SMILES string of the molecule is N#Cc1ccc(NCC(C#N)c2ccccc2)cc1. The van der Waals surface area contributed by atoms with Crippen LogP contribution in [0.4, 0.5) is 5.69 Å². The van der Waals surface area contributed by atoms with E-state index in [0.717, 1.165) is 11.3 Å². The minimum atomic E-state index is -0.183. The standard InChI is InChI=1S/C16H13N3/c17-10-13-6-8-16(9-7-13)19-12-15(11-18)14-4-2-1-3-5-14/h1-9,15,19H,12H2. The van der Waals surface area contributed by atoms with Crippen LogP contribution in [0.25, 0.3) is 0 Å². The van der Waals surface area contributed by atoms with Gasteiger partial charge in [-0.05, 0) is 29.8 Å². The van der Waals surface area contributed by atoms with E-state index in [1.807, 2.05) is 42.5 Å². The van der Waals surface area contributed by atoms with Gasteiger partial charge < -0.3 is 5.32 Å². The van der Waals surface area contributed by atoms with Crippen LogP contribution in [0.1, 0.15) is 17.0 Å². The topological polar surface area (TPSA) is 59.6 Å².